The van der Waals surface area contributed by atoms with Crippen molar-refractivity contribution in [2.45, 2.75) is 39.2 Å². The molecule has 1 rings (SSSR count). The molecule has 0 aliphatic rings. The van der Waals surface area contributed by atoms with Crippen LogP contribution in [0.4, 0.5) is 0 Å². The largest absolute Gasteiger partial charge is 0.478 e. The molecule has 0 saturated carbocycles. The normalized spacial score (nSPS) is 11.9. The van der Waals surface area contributed by atoms with Gasteiger partial charge in [-0.15, -0.1) is 0 Å². The van der Waals surface area contributed by atoms with E-state index in [1.165, 1.54) is 12.1 Å². The molecule has 0 saturated heterocycles. The average Bonchev–Trinajstić information content (AvgIpc) is 2.42. The van der Waals surface area contributed by atoms with E-state index < -0.39 is 5.97 Å². The second-order valence-corrected chi connectivity index (χ2v) is 4.85. The number of aromatic carboxylic acids is 1. The Hall–Kier alpha value is -1.88. The van der Waals surface area contributed by atoms with E-state index >= 15 is 0 Å². The maximum atomic E-state index is 11.9. The molecule has 0 spiro atoms. The number of carboxylic acid groups (broad SMARTS) is 1. The van der Waals surface area contributed by atoms with Crippen molar-refractivity contribution in [2.75, 3.05) is 6.54 Å². The Morgan fingerprint density at radius 2 is 1.90 bits per heavy atom. The zero-order valence-electron chi connectivity index (χ0n) is 11.8. The smallest absolute Gasteiger partial charge is 0.335 e. The summed E-state index contributed by atoms with van der Waals surface area (Å²) in [6, 6.07) is 4.55. The molecule has 0 bridgehead atoms. The third-order valence-electron chi connectivity index (χ3n) is 3.06. The number of nitrogens with one attached hydrogen (secondary N) is 1. The molecule has 1 amide bonds. The summed E-state index contributed by atoms with van der Waals surface area (Å²) >= 11 is 0. The van der Waals surface area contributed by atoms with Crippen LogP contribution < -0.4 is 5.32 Å². The number of aliphatic hydroxyl groups is 1. The minimum Gasteiger partial charge on any atom is -0.478 e. The van der Waals surface area contributed by atoms with Crippen LogP contribution in [0.2, 0.25) is 0 Å². The fourth-order valence-electron chi connectivity index (χ4n) is 1.88. The van der Waals surface area contributed by atoms with E-state index in [1.807, 2.05) is 6.92 Å². The van der Waals surface area contributed by atoms with Crippen molar-refractivity contribution >= 4 is 11.9 Å². The van der Waals surface area contributed by atoms with Crippen LogP contribution in [0.25, 0.3) is 0 Å². The van der Waals surface area contributed by atoms with Gasteiger partial charge in [0.2, 0.25) is 0 Å². The Morgan fingerprint density at radius 1 is 1.25 bits per heavy atom. The Bertz CT molecular complexity index is 485. The molecule has 5 heteroatoms. The molecular weight excluding hydrogens is 258 g/mol. The number of hydrogen-bond donors (Lipinski definition) is 3. The Morgan fingerprint density at radius 3 is 2.50 bits per heavy atom. The summed E-state index contributed by atoms with van der Waals surface area (Å²) in [5, 5.41) is 21.1. The van der Waals surface area contributed by atoms with Crippen molar-refractivity contribution in [3.8, 4) is 0 Å². The number of carbonyl (C=O) groups is 2. The molecule has 0 aliphatic heterocycles. The highest BCUT2D eigenvalue weighted by Gasteiger charge is 2.11. The van der Waals surface area contributed by atoms with Crippen molar-refractivity contribution in [2.24, 2.45) is 0 Å². The van der Waals surface area contributed by atoms with E-state index in [0.717, 1.165) is 5.56 Å². The lowest BCUT2D eigenvalue weighted by atomic mass is 10.1. The summed E-state index contributed by atoms with van der Waals surface area (Å²) in [4.78, 5) is 22.9. The number of aryl methyl sites for hydroxylation is 1. The lowest BCUT2D eigenvalue weighted by molar-refractivity contribution is 0.0696. The monoisotopic (exact) mass is 279 g/mol. The summed E-state index contributed by atoms with van der Waals surface area (Å²) in [6.07, 6.45) is 1.71. The molecule has 1 unspecified atom stereocenters. The van der Waals surface area contributed by atoms with Gasteiger partial charge in [-0.2, -0.15) is 0 Å². The molecule has 1 aromatic carbocycles. The van der Waals surface area contributed by atoms with E-state index in [0.29, 0.717) is 31.4 Å². The first kappa shape index (κ1) is 16.2. The van der Waals surface area contributed by atoms with Crippen LogP contribution in [0, 0.1) is 6.92 Å². The fraction of sp³-hybridized carbons (Fsp3) is 0.467. The molecule has 0 heterocycles. The van der Waals surface area contributed by atoms with Gasteiger partial charge >= 0.3 is 5.97 Å². The quantitative estimate of drug-likeness (QED) is 0.666. The van der Waals surface area contributed by atoms with E-state index in [-0.39, 0.29) is 17.6 Å². The molecule has 1 aromatic rings. The number of aliphatic hydroxyl groups excluding tert-OH is 1. The van der Waals surface area contributed by atoms with Gasteiger partial charge in [0.05, 0.1) is 11.7 Å². The zero-order chi connectivity index (χ0) is 15.1. The summed E-state index contributed by atoms with van der Waals surface area (Å²) in [5.74, 6) is -1.34. The van der Waals surface area contributed by atoms with Gasteiger partial charge in [0, 0.05) is 12.1 Å². The minimum atomic E-state index is -1.05. The Balaban J connectivity index is 2.57. The third-order valence-corrected chi connectivity index (χ3v) is 3.06. The van der Waals surface area contributed by atoms with Gasteiger partial charge in [0.15, 0.2) is 0 Å². The van der Waals surface area contributed by atoms with E-state index in [2.05, 4.69) is 5.32 Å². The molecule has 0 fully saturated rings. The van der Waals surface area contributed by atoms with Crippen molar-refractivity contribution in [1.82, 2.24) is 5.32 Å². The topological polar surface area (TPSA) is 86.6 Å². The van der Waals surface area contributed by atoms with Crippen LogP contribution in [0.1, 0.15) is 52.5 Å². The van der Waals surface area contributed by atoms with Gasteiger partial charge in [-0.3, -0.25) is 4.79 Å². The first-order chi connectivity index (χ1) is 9.43. The molecule has 1 atom stereocenters. The van der Waals surface area contributed by atoms with Crippen molar-refractivity contribution in [3.05, 3.63) is 34.9 Å². The highest BCUT2D eigenvalue weighted by molar-refractivity contribution is 5.97. The van der Waals surface area contributed by atoms with E-state index in [9.17, 15) is 14.7 Å². The molecule has 5 nitrogen and oxygen atoms in total. The van der Waals surface area contributed by atoms with Crippen LogP contribution in [-0.4, -0.2) is 34.7 Å². The van der Waals surface area contributed by atoms with Gasteiger partial charge in [-0.25, -0.2) is 4.79 Å². The van der Waals surface area contributed by atoms with Gasteiger partial charge in [-0.1, -0.05) is 6.92 Å². The summed E-state index contributed by atoms with van der Waals surface area (Å²) in [7, 11) is 0. The lowest BCUT2D eigenvalue weighted by Crippen LogP contribution is -2.25. The van der Waals surface area contributed by atoms with Gasteiger partial charge in [-0.05, 0) is 49.9 Å². The number of hydrogen-bond acceptors (Lipinski definition) is 3. The van der Waals surface area contributed by atoms with Crippen LogP contribution in [-0.2, 0) is 0 Å². The average molecular weight is 279 g/mol. The molecule has 110 valence electrons. The highest BCUT2D eigenvalue weighted by Crippen LogP contribution is 2.10. The van der Waals surface area contributed by atoms with Gasteiger partial charge in [0.25, 0.3) is 5.91 Å². The van der Waals surface area contributed by atoms with Crippen LogP contribution in [0.5, 0.6) is 0 Å². The molecular formula is C15H21NO4. The first-order valence-electron chi connectivity index (χ1n) is 6.75. The highest BCUT2D eigenvalue weighted by atomic mass is 16.4. The maximum absolute atomic E-state index is 11.9. The number of benzene rings is 1. The molecule has 0 radical (unpaired) electrons. The predicted octanol–water partition coefficient (Wildman–Crippen LogP) is 1.97. The maximum Gasteiger partial charge on any atom is 0.335 e. The minimum absolute atomic E-state index is 0.108. The van der Waals surface area contributed by atoms with Gasteiger partial charge in [0.1, 0.15) is 0 Å². The first-order valence-corrected chi connectivity index (χ1v) is 6.75. The van der Waals surface area contributed by atoms with Crippen LogP contribution in [0.3, 0.4) is 0 Å². The standard InChI is InChI=1S/C15H21NO4/c1-3-13(17)5-4-6-16-14(18)11-7-10(2)8-12(9-11)15(19)20/h7-9,13,17H,3-6H2,1-2H3,(H,16,18)(H,19,20). The summed E-state index contributed by atoms with van der Waals surface area (Å²) in [5.41, 5.74) is 1.19. The third kappa shape index (κ3) is 5.01. The zero-order valence-corrected chi connectivity index (χ0v) is 11.8. The summed E-state index contributed by atoms with van der Waals surface area (Å²) in [6.45, 7) is 4.12. The van der Waals surface area contributed by atoms with Crippen LogP contribution >= 0.6 is 0 Å². The van der Waals surface area contributed by atoms with E-state index in [1.54, 1.807) is 13.0 Å². The molecule has 0 aliphatic carbocycles. The van der Waals surface area contributed by atoms with Crippen molar-refractivity contribution in [3.63, 3.8) is 0 Å². The van der Waals surface area contributed by atoms with Crippen molar-refractivity contribution < 1.29 is 19.8 Å². The SMILES string of the molecule is CCC(O)CCCNC(=O)c1cc(C)cc(C(=O)O)c1. The Labute approximate surface area is 118 Å². The predicted molar refractivity (Wildman–Crippen MR) is 76.0 cm³/mol. The number of amides is 1. The number of rotatable bonds is 7. The molecule has 0 aromatic heterocycles. The lowest BCUT2D eigenvalue weighted by Gasteiger charge is -2.09. The molecule has 20 heavy (non-hydrogen) atoms. The van der Waals surface area contributed by atoms with Crippen LogP contribution in [0.15, 0.2) is 18.2 Å². The van der Waals surface area contributed by atoms with Gasteiger partial charge < -0.3 is 15.5 Å². The summed E-state index contributed by atoms with van der Waals surface area (Å²) < 4.78 is 0. The second-order valence-electron chi connectivity index (χ2n) is 4.85. The fourth-order valence-corrected chi connectivity index (χ4v) is 1.88. The molecule has 3 N–H and O–H groups in total. The Kier molecular flexibility index (Phi) is 6.18. The van der Waals surface area contributed by atoms with E-state index in [4.69, 9.17) is 5.11 Å². The number of carbonyl (C=O) groups excluding carboxylic acids is 1. The second kappa shape index (κ2) is 7.65. The van der Waals surface area contributed by atoms with Crippen molar-refractivity contribution in [1.29, 1.82) is 0 Å². The number of carboxylic acids is 1.